The van der Waals surface area contributed by atoms with Gasteiger partial charge in [-0.3, -0.25) is 0 Å². The van der Waals surface area contributed by atoms with E-state index < -0.39 is 5.97 Å². The molecule has 0 atom stereocenters. The van der Waals surface area contributed by atoms with Crippen LogP contribution in [-0.2, 0) is 0 Å². The molecule has 0 radical (unpaired) electrons. The Morgan fingerprint density at radius 2 is 2.50 bits per heavy atom. The molecule has 7 heteroatoms. The zero-order valence-electron chi connectivity index (χ0n) is 8.41. The molecular weight excluding hydrogens is 212 g/mol. The number of azide groups is 1. The van der Waals surface area contributed by atoms with Crippen molar-refractivity contribution in [2.24, 2.45) is 5.11 Å². The zero-order chi connectivity index (χ0) is 11.8. The number of nitrogens with zero attached hydrogens (tertiary/aromatic N) is 4. The van der Waals surface area contributed by atoms with Gasteiger partial charge in [-0.05, 0) is 24.1 Å². The third kappa shape index (κ3) is 3.47. The van der Waals surface area contributed by atoms with Gasteiger partial charge >= 0.3 is 5.97 Å². The molecule has 16 heavy (non-hydrogen) atoms. The summed E-state index contributed by atoms with van der Waals surface area (Å²) in [6, 6.07) is 3.12. The molecule has 0 aliphatic carbocycles. The molecule has 1 aromatic rings. The summed E-state index contributed by atoms with van der Waals surface area (Å²) < 4.78 is 5.22. The van der Waals surface area contributed by atoms with Crippen LogP contribution in [0.1, 0.15) is 16.9 Å². The van der Waals surface area contributed by atoms with Crippen LogP contribution >= 0.6 is 0 Å². The summed E-state index contributed by atoms with van der Waals surface area (Å²) in [5, 5.41) is 12.1. The minimum Gasteiger partial charge on any atom is -0.491 e. The summed E-state index contributed by atoms with van der Waals surface area (Å²) in [4.78, 5) is 17.0. The van der Waals surface area contributed by atoms with E-state index in [2.05, 4.69) is 15.0 Å². The van der Waals surface area contributed by atoms with Crippen LogP contribution < -0.4 is 4.74 Å². The second-order valence-corrected chi connectivity index (χ2v) is 2.81. The smallest absolute Gasteiger partial charge is 0.358 e. The van der Waals surface area contributed by atoms with E-state index in [0.717, 1.165) is 0 Å². The lowest BCUT2D eigenvalue weighted by Crippen LogP contribution is -2.06. The van der Waals surface area contributed by atoms with Crippen molar-refractivity contribution in [3.05, 3.63) is 34.5 Å². The van der Waals surface area contributed by atoms with Crippen molar-refractivity contribution in [2.75, 3.05) is 13.2 Å². The van der Waals surface area contributed by atoms with Gasteiger partial charge in [0.2, 0.25) is 0 Å². The number of carboxylic acid groups (broad SMARTS) is 1. The molecule has 0 amide bonds. The first-order valence-electron chi connectivity index (χ1n) is 4.57. The lowest BCUT2D eigenvalue weighted by atomic mass is 10.3. The molecule has 0 aliphatic rings. The van der Waals surface area contributed by atoms with Crippen molar-refractivity contribution in [3.8, 4) is 5.75 Å². The fraction of sp³-hybridized carbons (Fsp3) is 0.333. The third-order valence-electron chi connectivity index (χ3n) is 1.70. The summed E-state index contributed by atoms with van der Waals surface area (Å²) in [5.74, 6) is -0.915. The molecule has 1 heterocycles. The standard InChI is InChI=1S/C9H10N4O3/c10-13-12-5-2-6-16-7-3-1-4-11-8(7)9(14)15/h1,3-4H,2,5-6H2,(H,14,15). The summed E-state index contributed by atoms with van der Waals surface area (Å²) in [6.07, 6.45) is 1.91. The number of carboxylic acids is 1. The van der Waals surface area contributed by atoms with Crippen LogP contribution in [0.2, 0.25) is 0 Å². The maximum absolute atomic E-state index is 10.7. The summed E-state index contributed by atoms with van der Waals surface area (Å²) >= 11 is 0. The van der Waals surface area contributed by atoms with E-state index in [1.807, 2.05) is 0 Å². The van der Waals surface area contributed by atoms with Gasteiger partial charge in [0.25, 0.3) is 0 Å². The van der Waals surface area contributed by atoms with E-state index in [1.165, 1.54) is 12.3 Å². The van der Waals surface area contributed by atoms with Crippen LogP contribution in [0.15, 0.2) is 23.4 Å². The van der Waals surface area contributed by atoms with Gasteiger partial charge in [-0.2, -0.15) is 0 Å². The Balaban J connectivity index is 2.53. The molecule has 0 saturated carbocycles. The van der Waals surface area contributed by atoms with E-state index in [0.29, 0.717) is 13.0 Å². The highest BCUT2D eigenvalue weighted by Gasteiger charge is 2.11. The summed E-state index contributed by atoms with van der Waals surface area (Å²) in [7, 11) is 0. The van der Waals surface area contributed by atoms with Crippen LogP contribution in [0.3, 0.4) is 0 Å². The van der Waals surface area contributed by atoms with Gasteiger partial charge in [-0.15, -0.1) is 0 Å². The number of pyridine rings is 1. The molecule has 0 spiro atoms. The minimum absolute atomic E-state index is 0.119. The number of carbonyl (C=O) groups is 1. The van der Waals surface area contributed by atoms with E-state index in [-0.39, 0.29) is 18.1 Å². The molecule has 0 unspecified atom stereocenters. The zero-order valence-corrected chi connectivity index (χ0v) is 8.41. The maximum atomic E-state index is 10.7. The average molecular weight is 222 g/mol. The van der Waals surface area contributed by atoms with Crippen LogP contribution in [0.25, 0.3) is 10.4 Å². The normalized spacial score (nSPS) is 9.25. The number of hydrogen-bond acceptors (Lipinski definition) is 4. The highest BCUT2D eigenvalue weighted by atomic mass is 16.5. The van der Waals surface area contributed by atoms with Crippen LogP contribution in [0, 0.1) is 0 Å². The largest absolute Gasteiger partial charge is 0.491 e. The molecule has 0 aromatic carbocycles. The van der Waals surface area contributed by atoms with Gasteiger partial charge in [0.1, 0.15) is 0 Å². The van der Waals surface area contributed by atoms with Gasteiger partial charge < -0.3 is 9.84 Å². The first-order valence-corrected chi connectivity index (χ1v) is 4.57. The van der Waals surface area contributed by atoms with Gasteiger partial charge in [0, 0.05) is 17.7 Å². The number of aromatic carboxylic acids is 1. The van der Waals surface area contributed by atoms with Crippen molar-refractivity contribution in [1.29, 1.82) is 0 Å². The van der Waals surface area contributed by atoms with Gasteiger partial charge in [-0.1, -0.05) is 5.11 Å². The SMILES string of the molecule is [N-]=[N+]=NCCCOc1cccnc1C(=O)O. The first kappa shape index (κ1) is 11.8. The van der Waals surface area contributed by atoms with E-state index in [4.69, 9.17) is 15.4 Å². The lowest BCUT2D eigenvalue weighted by Gasteiger charge is -2.06. The predicted octanol–water partition coefficient (Wildman–Crippen LogP) is 1.86. The van der Waals surface area contributed by atoms with Crippen LogP contribution in [0.5, 0.6) is 5.75 Å². The van der Waals surface area contributed by atoms with Crippen molar-refractivity contribution in [3.63, 3.8) is 0 Å². The molecule has 7 nitrogen and oxygen atoms in total. The Hall–Kier alpha value is -2.27. The van der Waals surface area contributed by atoms with Gasteiger partial charge in [-0.25, -0.2) is 9.78 Å². The van der Waals surface area contributed by atoms with Crippen molar-refractivity contribution >= 4 is 5.97 Å². The molecule has 1 N–H and O–H groups in total. The number of aromatic nitrogens is 1. The molecule has 84 valence electrons. The predicted molar refractivity (Wildman–Crippen MR) is 55.3 cm³/mol. The maximum Gasteiger partial charge on any atom is 0.358 e. The van der Waals surface area contributed by atoms with Gasteiger partial charge in [0.05, 0.1) is 6.61 Å². The number of hydrogen-bond donors (Lipinski definition) is 1. The second kappa shape index (κ2) is 6.26. The number of ether oxygens (including phenoxy) is 1. The fourth-order valence-corrected chi connectivity index (χ4v) is 1.03. The van der Waals surface area contributed by atoms with Crippen molar-refractivity contribution < 1.29 is 14.6 Å². The first-order chi connectivity index (χ1) is 7.75. The van der Waals surface area contributed by atoms with E-state index >= 15 is 0 Å². The highest BCUT2D eigenvalue weighted by molar-refractivity contribution is 5.88. The lowest BCUT2D eigenvalue weighted by molar-refractivity contribution is 0.0685. The fourth-order valence-electron chi connectivity index (χ4n) is 1.03. The van der Waals surface area contributed by atoms with Gasteiger partial charge in [0.15, 0.2) is 11.4 Å². The Labute approximate surface area is 91.3 Å². The topological polar surface area (TPSA) is 108 Å². The molecule has 0 fully saturated rings. The van der Waals surface area contributed by atoms with E-state index in [1.54, 1.807) is 6.07 Å². The Bertz CT molecular complexity index is 415. The molecule has 1 rings (SSSR count). The number of rotatable bonds is 6. The molecule has 1 aromatic heterocycles. The van der Waals surface area contributed by atoms with Crippen molar-refractivity contribution in [2.45, 2.75) is 6.42 Å². The molecule has 0 aliphatic heterocycles. The van der Waals surface area contributed by atoms with Crippen molar-refractivity contribution in [1.82, 2.24) is 4.98 Å². The molecular formula is C9H10N4O3. The van der Waals surface area contributed by atoms with Crippen LogP contribution in [-0.4, -0.2) is 29.2 Å². The minimum atomic E-state index is -1.13. The quantitative estimate of drug-likeness (QED) is 0.343. The Morgan fingerprint density at radius 3 is 3.19 bits per heavy atom. The van der Waals surface area contributed by atoms with Crippen LogP contribution in [0.4, 0.5) is 0 Å². The third-order valence-corrected chi connectivity index (χ3v) is 1.70. The summed E-state index contributed by atoms with van der Waals surface area (Å²) in [5.41, 5.74) is 7.91. The average Bonchev–Trinajstić information content (AvgIpc) is 2.29. The summed E-state index contributed by atoms with van der Waals surface area (Å²) in [6.45, 7) is 0.601. The van der Waals surface area contributed by atoms with E-state index in [9.17, 15) is 4.79 Å². The second-order valence-electron chi connectivity index (χ2n) is 2.81. The molecule has 0 bridgehead atoms. The monoisotopic (exact) mass is 222 g/mol. The Kier molecular flexibility index (Phi) is 4.62. The molecule has 0 saturated heterocycles. The highest BCUT2D eigenvalue weighted by Crippen LogP contribution is 2.15. The Morgan fingerprint density at radius 1 is 1.69 bits per heavy atom.